The van der Waals surface area contributed by atoms with Crippen molar-refractivity contribution in [2.24, 2.45) is 10.3 Å². The number of hydrogen-bond donors (Lipinski definition) is 3. The molecule has 2 aromatic rings. The van der Waals surface area contributed by atoms with Gasteiger partial charge in [-0.25, -0.2) is 20.2 Å². The first-order valence-corrected chi connectivity index (χ1v) is 5.12. The summed E-state index contributed by atoms with van der Waals surface area (Å²) in [4.78, 5) is 10.9. The third kappa shape index (κ3) is 3.94. The molecule has 2 rings (SSSR count). The summed E-state index contributed by atoms with van der Waals surface area (Å²) in [5.41, 5.74) is 1.76. The molecule has 0 aromatic carbocycles. The van der Waals surface area contributed by atoms with Crippen LogP contribution in [0.15, 0.2) is 24.7 Å². The first-order valence-electron chi connectivity index (χ1n) is 3.51. The Hall–Kier alpha value is -1.51. The number of pyridine rings is 1. The number of nitrogens with two attached hydrogens (primary N) is 2. The van der Waals surface area contributed by atoms with Crippen LogP contribution < -0.4 is 10.3 Å². The highest BCUT2D eigenvalue weighted by Crippen LogP contribution is 2.01. The molecule has 0 aliphatic carbocycles. The van der Waals surface area contributed by atoms with E-state index < -0.39 is 10.2 Å². The molecule has 0 radical (unpaired) electrons. The molecule has 0 spiro atoms. The average molecular weight is 215 g/mol. The molecule has 0 unspecified atom stereocenters. The lowest BCUT2D eigenvalue weighted by atomic mass is 10.4. The van der Waals surface area contributed by atoms with E-state index in [4.69, 9.17) is 0 Å². The molecular weight excluding hydrogens is 206 g/mol. The predicted octanol–water partition coefficient (Wildman–Crippen LogP) is -0.893. The maximum Gasteiger partial charge on any atom is 0.271 e. The summed E-state index contributed by atoms with van der Waals surface area (Å²) in [6.07, 6.45) is 3.36. The lowest BCUT2D eigenvalue weighted by Gasteiger charge is -1.80. The fraction of sp³-hybridized carbons (Fsp3) is 0. The zero-order valence-corrected chi connectivity index (χ0v) is 7.90. The van der Waals surface area contributed by atoms with Gasteiger partial charge < -0.3 is 4.98 Å². The molecule has 0 saturated carbocycles. The predicted molar refractivity (Wildman–Crippen MR) is 51.2 cm³/mol. The van der Waals surface area contributed by atoms with E-state index in [1.54, 1.807) is 12.5 Å². The second-order valence-corrected chi connectivity index (χ2v) is 3.54. The number of imidazole rings is 1. The van der Waals surface area contributed by atoms with Crippen molar-refractivity contribution in [1.29, 1.82) is 0 Å². The first kappa shape index (κ1) is 10.6. The number of nitrogens with zero attached hydrogens (tertiary/aromatic N) is 2. The summed E-state index contributed by atoms with van der Waals surface area (Å²) < 4.78 is 18.4. The van der Waals surface area contributed by atoms with Crippen molar-refractivity contribution in [3.05, 3.63) is 24.7 Å². The number of hydrogen-bond acceptors (Lipinski definition) is 4. The van der Waals surface area contributed by atoms with Crippen molar-refractivity contribution in [1.82, 2.24) is 15.0 Å². The standard InChI is InChI=1S/C6H5N3.H4N2O2S/c1-2-5-6(7-3-1)9-4-8-5;1-5(2,3)4/h1-4H,(H,7,8,9);(H4,1,2,3,4). The average Bonchev–Trinajstić information content (AvgIpc) is 2.47. The summed E-state index contributed by atoms with van der Waals surface area (Å²) in [5, 5.41) is 8.21. The van der Waals surface area contributed by atoms with Crippen molar-refractivity contribution < 1.29 is 8.42 Å². The van der Waals surface area contributed by atoms with E-state index in [0.717, 1.165) is 11.2 Å². The van der Waals surface area contributed by atoms with Gasteiger partial charge in [0.15, 0.2) is 5.65 Å². The Labute approximate surface area is 80.3 Å². The summed E-state index contributed by atoms with van der Waals surface area (Å²) in [6, 6.07) is 3.82. The molecule has 0 bridgehead atoms. The van der Waals surface area contributed by atoms with Crippen LogP contribution in [0.25, 0.3) is 11.2 Å². The van der Waals surface area contributed by atoms with Gasteiger partial charge in [-0.3, -0.25) is 0 Å². The minimum atomic E-state index is -3.67. The smallest absolute Gasteiger partial charge is 0.271 e. The topological polar surface area (TPSA) is 128 Å². The Bertz CT molecular complexity index is 467. The van der Waals surface area contributed by atoms with Gasteiger partial charge in [-0.2, -0.15) is 8.42 Å². The third-order valence-electron chi connectivity index (χ3n) is 1.19. The molecular formula is C6H9N5O2S. The van der Waals surface area contributed by atoms with Crippen molar-refractivity contribution in [3.63, 3.8) is 0 Å². The van der Waals surface area contributed by atoms with Gasteiger partial charge in [0.05, 0.1) is 11.8 Å². The van der Waals surface area contributed by atoms with Crippen molar-refractivity contribution in [2.75, 3.05) is 0 Å². The summed E-state index contributed by atoms with van der Waals surface area (Å²) in [6.45, 7) is 0. The summed E-state index contributed by atoms with van der Waals surface area (Å²) in [5.74, 6) is 0. The van der Waals surface area contributed by atoms with E-state index in [0.29, 0.717) is 0 Å². The third-order valence-corrected chi connectivity index (χ3v) is 1.19. The number of nitrogens with one attached hydrogen (secondary N) is 1. The Kier molecular flexibility index (Phi) is 3.12. The number of rotatable bonds is 0. The molecule has 0 aliphatic rings. The minimum Gasteiger partial charge on any atom is -0.343 e. The van der Waals surface area contributed by atoms with E-state index in [-0.39, 0.29) is 0 Å². The van der Waals surface area contributed by atoms with E-state index in [2.05, 4.69) is 25.2 Å². The molecule has 14 heavy (non-hydrogen) atoms. The Morgan fingerprint density at radius 3 is 2.50 bits per heavy atom. The minimum absolute atomic E-state index is 0.775. The molecule has 76 valence electrons. The van der Waals surface area contributed by atoms with Crippen LogP contribution in [-0.4, -0.2) is 23.4 Å². The van der Waals surface area contributed by atoms with Crippen LogP contribution in [0.5, 0.6) is 0 Å². The van der Waals surface area contributed by atoms with Crippen molar-refractivity contribution in [2.45, 2.75) is 0 Å². The largest absolute Gasteiger partial charge is 0.343 e. The summed E-state index contributed by atoms with van der Waals surface area (Å²) >= 11 is 0. The number of aromatic nitrogens is 3. The zero-order valence-electron chi connectivity index (χ0n) is 7.08. The fourth-order valence-electron chi connectivity index (χ4n) is 0.775. The number of H-pyrrole nitrogens is 1. The normalized spacial score (nSPS) is 10.7. The van der Waals surface area contributed by atoms with E-state index in [9.17, 15) is 8.42 Å². The maximum absolute atomic E-state index is 9.19. The first-order chi connectivity index (χ1) is 6.47. The molecule has 8 heteroatoms. The Morgan fingerprint density at radius 2 is 1.93 bits per heavy atom. The van der Waals surface area contributed by atoms with Crippen LogP contribution in [-0.2, 0) is 10.2 Å². The number of fused-ring (bicyclic) bond motifs is 1. The van der Waals surface area contributed by atoms with Gasteiger partial charge in [-0.05, 0) is 12.1 Å². The second-order valence-electron chi connectivity index (χ2n) is 2.37. The maximum atomic E-state index is 9.19. The van der Waals surface area contributed by atoms with Crippen LogP contribution in [0.4, 0.5) is 0 Å². The van der Waals surface area contributed by atoms with Gasteiger partial charge in [0.2, 0.25) is 0 Å². The lowest BCUT2D eigenvalue weighted by molar-refractivity contribution is 0.599. The van der Waals surface area contributed by atoms with E-state index in [1.807, 2.05) is 12.1 Å². The van der Waals surface area contributed by atoms with Gasteiger partial charge in [0.1, 0.15) is 0 Å². The van der Waals surface area contributed by atoms with Gasteiger partial charge >= 0.3 is 0 Å². The number of aromatic amines is 1. The second kappa shape index (κ2) is 4.13. The van der Waals surface area contributed by atoms with Gasteiger partial charge in [0, 0.05) is 6.20 Å². The molecule has 2 heterocycles. The van der Waals surface area contributed by atoms with E-state index >= 15 is 0 Å². The zero-order chi connectivity index (χ0) is 10.6. The molecule has 5 N–H and O–H groups in total. The molecule has 0 aliphatic heterocycles. The van der Waals surface area contributed by atoms with Gasteiger partial charge in [-0.1, -0.05) is 0 Å². The monoisotopic (exact) mass is 215 g/mol. The van der Waals surface area contributed by atoms with Gasteiger partial charge in [0.25, 0.3) is 10.2 Å². The van der Waals surface area contributed by atoms with Crippen molar-refractivity contribution >= 4 is 21.4 Å². The highest BCUT2D eigenvalue weighted by molar-refractivity contribution is 7.86. The fourth-order valence-corrected chi connectivity index (χ4v) is 0.775. The molecule has 7 nitrogen and oxygen atoms in total. The van der Waals surface area contributed by atoms with E-state index in [1.165, 1.54) is 0 Å². The van der Waals surface area contributed by atoms with Crippen LogP contribution >= 0.6 is 0 Å². The molecule has 0 saturated heterocycles. The molecule has 2 aromatic heterocycles. The van der Waals surface area contributed by atoms with Crippen LogP contribution in [0.3, 0.4) is 0 Å². The molecule has 0 fully saturated rings. The van der Waals surface area contributed by atoms with Crippen LogP contribution in [0, 0.1) is 0 Å². The van der Waals surface area contributed by atoms with Gasteiger partial charge in [-0.15, -0.1) is 0 Å². The van der Waals surface area contributed by atoms with Crippen molar-refractivity contribution in [3.8, 4) is 0 Å². The van der Waals surface area contributed by atoms with Crippen LogP contribution in [0.1, 0.15) is 0 Å². The lowest BCUT2D eigenvalue weighted by Crippen LogP contribution is -2.21. The highest BCUT2D eigenvalue weighted by Gasteiger charge is 1.90. The highest BCUT2D eigenvalue weighted by atomic mass is 32.2. The SMILES string of the molecule is NS(N)(=O)=O.c1cnc2nc[nH]c2c1. The summed E-state index contributed by atoms with van der Waals surface area (Å²) in [7, 11) is -3.67. The Morgan fingerprint density at radius 1 is 1.29 bits per heavy atom. The molecule has 0 atom stereocenters. The Balaban J connectivity index is 0.000000171. The van der Waals surface area contributed by atoms with Crippen LogP contribution in [0.2, 0.25) is 0 Å². The molecule has 0 amide bonds. The quantitative estimate of drug-likeness (QED) is 0.526.